The fourth-order valence-electron chi connectivity index (χ4n) is 1.41. The normalized spacial score (nSPS) is 14.9. The first-order valence-electron chi connectivity index (χ1n) is 5.33. The standard InChI is InChI=1S/C10H10N2O2.C2H6/c1-11-9(13)7-12(10(11)14)8-5-3-2-4-6-8;1-2/h2-6H,7H2,1H3;1-2H3. The smallest absolute Gasteiger partial charge is 0.285 e. The minimum absolute atomic E-state index is 0.138. The lowest BCUT2D eigenvalue weighted by Gasteiger charge is -2.13. The summed E-state index contributed by atoms with van der Waals surface area (Å²) in [5, 5.41) is 0. The average molecular weight is 220 g/mol. The Hall–Kier alpha value is -1.84. The number of urea groups is 1. The molecule has 16 heavy (non-hydrogen) atoms. The molecule has 1 aliphatic heterocycles. The van der Waals surface area contributed by atoms with E-state index in [1.54, 1.807) is 0 Å². The van der Waals surface area contributed by atoms with Crippen LogP contribution >= 0.6 is 0 Å². The van der Waals surface area contributed by atoms with Crippen molar-refractivity contribution in [2.24, 2.45) is 0 Å². The number of para-hydroxylation sites is 1. The third kappa shape index (κ3) is 2.21. The van der Waals surface area contributed by atoms with Crippen molar-refractivity contribution >= 4 is 17.6 Å². The van der Waals surface area contributed by atoms with Crippen LogP contribution < -0.4 is 4.90 Å². The number of hydrogen-bond acceptors (Lipinski definition) is 2. The Labute approximate surface area is 95.5 Å². The number of carbonyl (C=O) groups is 2. The summed E-state index contributed by atoms with van der Waals surface area (Å²) >= 11 is 0. The molecule has 2 rings (SSSR count). The zero-order chi connectivity index (χ0) is 12.1. The summed E-state index contributed by atoms with van der Waals surface area (Å²) < 4.78 is 0. The minimum Gasteiger partial charge on any atom is -0.285 e. The second kappa shape index (κ2) is 5.30. The first-order valence-corrected chi connectivity index (χ1v) is 5.33. The highest BCUT2D eigenvalue weighted by molar-refractivity contribution is 6.11. The molecular weight excluding hydrogens is 204 g/mol. The number of imide groups is 1. The van der Waals surface area contributed by atoms with E-state index in [0.717, 1.165) is 10.6 Å². The van der Waals surface area contributed by atoms with Gasteiger partial charge in [0, 0.05) is 12.7 Å². The number of anilines is 1. The predicted octanol–water partition coefficient (Wildman–Crippen LogP) is 2.11. The molecule has 0 radical (unpaired) electrons. The van der Waals surface area contributed by atoms with Gasteiger partial charge in [-0.1, -0.05) is 32.0 Å². The lowest BCUT2D eigenvalue weighted by molar-refractivity contribution is -0.123. The maximum absolute atomic E-state index is 11.5. The number of amides is 3. The Kier molecular flexibility index (Phi) is 4.05. The van der Waals surface area contributed by atoms with E-state index in [4.69, 9.17) is 0 Å². The van der Waals surface area contributed by atoms with Gasteiger partial charge in [0.1, 0.15) is 6.54 Å². The zero-order valence-electron chi connectivity index (χ0n) is 9.80. The van der Waals surface area contributed by atoms with Gasteiger partial charge in [-0.05, 0) is 12.1 Å². The van der Waals surface area contributed by atoms with Gasteiger partial charge in [0.05, 0.1) is 0 Å². The van der Waals surface area contributed by atoms with Crippen LogP contribution in [0.15, 0.2) is 30.3 Å². The van der Waals surface area contributed by atoms with E-state index in [0.29, 0.717) is 0 Å². The van der Waals surface area contributed by atoms with Crippen LogP contribution in [0.1, 0.15) is 13.8 Å². The maximum Gasteiger partial charge on any atom is 0.331 e. The van der Waals surface area contributed by atoms with Gasteiger partial charge in [-0.3, -0.25) is 14.6 Å². The third-order valence-electron chi connectivity index (χ3n) is 2.25. The molecule has 0 spiro atoms. The Morgan fingerprint density at radius 3 is 2.06 bits per heavy atom. The lowest BCUT2D eigenvalue weighted by atomic mass is 10.3. The number of hydrogen-bond donors (Lipinski definition) is 0. The molecule has 1 heterocycles. The molecule has 4 heteroatoms. The molecule has 4 nitrogen and oxygen atoms in total. The van der Waals surface area contributed by atoms with Crippen LogP contribution in [0.4, 0.5) is 10.5 Å². The summed E-state index contributed by atoms with van der Waals surface area (Å²) in [5.74, 6) is -0.168. The second-order valence-corrected chi connectivity index (χ2v) is 3.16. The lowest BCUT2D eigenvalue weighted by Crippen LogP contribution is -2.29. The van der Waals surface area contributed by atoms with Gasteiger partial charge in [-0.2, -0.15) is 0 Å². The van der Waals surface area contributed by atoms with E-state index >= 15 is 0 Å². The van der Waals surface area contributed by atoms with E-state index < -0.39 is 0 Å². The van der Waals surface area contributed by atoms with E-state index in [1.165, 1.54) is 11.9 Å². The minimum atomic E-state index is -0.263. The molecule has 0 aromatic heterocycles. The molecule has 1 fully saturated rings. The van der Waals surface area contributed by atoms with Gasteiger partial charge in [0.15, 0.2) is 0 Å². The second-order valence-electron chi connectivity index (χ2n) is 3.16. The summed E-state index contributed by atoms with van der Waals surface area (Å²) in [5.41, 5.74) is 0.759. The van der Waals surface area contributed by atoms with Crippen LogP contribution in [-0.2, 0) is 4.79 Å². The summed E-state index contributed by atoms with van der Waals surface area (Å²) in [7, 11) is 1.49. The van der Waals surface area contributed by atoms with Crippen LogP contribution in [-0.4, -0.2) is 30.4 Å². The highest BCUT2D eigenvalue weighted by Crippen LogP contribution is 2.18. The highest BCUT2D eigenvalue weighted by Gasteiger charge is 2.33. The molecule has 0 unspecified atom stereocenters. The predicted molar refractivity (Wildman–Crippen MR) is 63.3 cm³/mol. The van der Waals surface area contributed by atoms with Gasteiger partial charge in [0.25, 0.3) is 0 Å². The molecule has 0 bridgehead atoms. The van der Waals surface area contributed by atoms with Crippen molar-refractivity contribution in [3.8, 4) is 0 Å². The SMILES string of the molecule is CC.CN1C(=O)CN(c2ccccc2)C1=O. The number of rotatable bonds is 1. The van der Waals surface area contributed by atoms with Crippen molar-refractivity contribution < 1.29 is 9.59 Å². The largest absolute Gasteiger partial charge is 0.331 e. The van der Waals surface area contributed by atoms with Crippen molar-refractivity contribution in [3.05, 3.63) is 30.3 Å². The summed E-state index contributed by atoms with van der Waals surface area (Å²) in [6.45, 7) is 4.14. The van der Waals surface area contributed by atoms with Crippen molar-refractivity contribution in [1.29, 1.82) is 0 Å². The van der Waals surface area contributed by atoms with Crippen LogP contribution in [0.3, 0.4) is 0 Å². The van der Waals surface area contributed by atoms with E-state index in [9.17, 15) is 9.59 Å². The van der Waals surface area contributed by atoms with Gasteiger partial charge in [0.2, 0.25) is 5.91 Å². The van der Waals surface area contributed by atoms with Gasteiger partial charge >= 0.3 is 6.03 Å². The summed E-state index contributed by atoms with van der Waals surface area (Å²) in [4.78, 5) is 25.4. The van der Waals surface area contributed by atoms with Crippen LogP contribution in [0.25, 0.3) is 0 Å². The van der Waals surface area contributed by atoms with Crippen LogP contribution in [0.2, 0.25) is 0 Å². The molecule has 1 aromatic carbocycles. The Balaban J connectivity index is 0.000000606. The number of nitrogens with zero attached hydrogens (tertiary/aromatic N) is 2. The quantitative estimate of drug-likeness (QED) is 0.680. The van der Waals surface area contributed by atoms with Gasteiger partial charge in [-0.25, -0.2) is 4.79 Å². The molecular formula is C12H16N2O2. The van der Waals surface area contributed by atoms with Crippen molar-refractivity contribution in [2.45, 2.75) is 13.8 Å². The van der Waals surface area contributed by atoms with E-state index in [-0.39, 0.29) is 18.5 Å². The monoisotopic (exact) mass is 220 g/mol. The maximum atomic E-state index is 11.5. The van der Waals surface area contributed by atoms with Crippen molar-refractivity contribution in [2.75, 3.05) is 18.5 Å². The van der Waals surface area contributed by atoms with Crippen molar-refractivity contribution in [1.82, 2.24) is 4.90 Å². The zero-order valence-corrected chi connectivity index (χ0v) is 9.80. The molecule has 3 amide bonds. The third-order valence-corrected chi connectivity index (χ3v) is 2.25. The van der Waals surface area contributed by atoms with E-state index in [1.807, 2.05) is 44.2 Å². The number of likely N-dealkylation sites (N-methyl/N-ethyl adjacent to an activating group) is 1. The average Bonchev–Trinajstić information content (AvgIpc) is 2.61. The molecule has 86 valence electrons. The fraction of sp³-hybridized carbons (Fsp3) is 0.333. The Morgan fingerprint density at radius 1 is 1.06 bits per heavy atom. The number of carbonyl (C=O) groups excluding carboxylic acids is 2. The summed E-state index contributed by atoms with van der Waals surface area (Å²) in [6.07, 6.45) is 0. The number of benzene rings is 1. The Morgan fingerprint density at radius 2 is 1.62 bits per heavy atom. The molecule has 0 saturated carbocycles. The summed E-state index contributed by atoms with van der Waals surface area (Å²) in [6, 6.07) is 8.90. The molecule has 1 aliphatic rings. The molecule has 0 aliphatic carbocycles. The Bertz CT molecular complexity index is 376. The van der Waals surface area contributed by atoms with Crippen LogP contribution in [0, 0.1) is 0 Å². The first kappa shape index (κ1) is 12.2. The van der Waals surface area contributed by atoms with Crippen molar-refractivity contribution in [3.63, 3.8) is 0 Å². The first-order chi connectivity index (χ1) is 7.70. The van der Waals surface area contributed by atoms with E-state index in [2.05, 4.69) is 0 Å². The van der Waals surface area contributed by atoms with Gasteiger partial charge < -0.3 is 0 Å². The topological polar surface area (TPSA) is 40.6 Å². The van der Waals surface area contributed by atoms with Gasteiger partial charge in [-0.15, -0.1) is 0 Å². The molecule has 0 N–H and O–H groups in total. The fourth-order valence-corrected chi connectivity index (χ4v) is 1.41. The molecule has 0 atom stereocenters. The van der Waals surface area contributed by atoms with Crippen LogP contribution in [0.5, 0.6) is 0 Å². The highest BCUT2D eigenvalue weighted by atomic mass is 16.2. The molecule has 1 aromatic rings. The molecule has 1 saturated heterocycles.